The lowest BCUT2D eigenvalue weighted by molar-refractivity contribution is 0.144. The van der Waals surface area contributed by atoms with Crippen molar-refractivity contribution in [2.45, 2.75) is 13.8 Å². The normalized spacial score (nSPS) is 9.89. The van der Waals surface area contributed by atoms with Gasteiger partial charge in [0.05, 0.1) is 18.5 Å². The van der Waals surface area contributed by atoms with Crippen LogP contribution in [0.2, 0.25) is 0 Å². The highest BCUT2D eigenvalue weighted by Gasteiger charge is 2.09. The van der Waals surface area contributed by atoms with Gasteiger partial charge in [-0.2, -0.15) is 0 Å². The molecule has 0 aliphatic rings. The number of pyridine rings is 1. The maximum absolute atomic E-state index is 5.74. The SMILES string of the molecule is CC.COCCOc1ncc(N)cc1N(N)/C=C\N. The zero-order valence-corrected chi connectivity index (χ0v) is 11.7. The number of methoxy groups -OCH3 is 1. The van der Waals surface area contributed by atoms with E-state index in [1.165, 1.54) is 23.6 Å². The average Bonchev–Trinajstić information content (AvgIpc) is 2.43. The molecule has 0 atom stereocenters. The molecule has 0 aliphatic heterocycles. The van der Waals surface area contributed by atoms with E-state index in [9.17, 15) is 0 Å². The first-order chi connectivity index (χ1) is 9.19. The molecule has 1 heterocycles. The van der Waals surface area contributed by atoms with E-state index in [1.54, 1.807) is 13.2 Å². The first-order valence-electron chi connectivity index (χ1n) is 5.98. The number of hydrazine groups is 1. The van der Waals surface area contributed by atoms with Crippen molar-refractivity contribution in [1.82, 2.24) is 4.98 Å². The smallest absolute Gasteiger partial charge is 0.239 e. The minimum Gasteiger partial charge on any atom is -0.474 e. The van der Waals surface area contributed by atoms with Crippen molar-refractivity contribution in [1.29, 1.82) is 0 Å². The van der Waals surface area contributed by atoms with Gasteiger partial charge >= 0.3 is 0 Å². The molecule has 19 heavy (non-hydrogen) atoms. The molecule has 0 radical (unpaired) electrons. The highest BCUT2D eigenvalue weighted by atomic mass is 16.5. The summed E-state index contributed by atoms with van der Waals surface area (Å²) in [6.07, 6.45) is 4.27. The Morgan fingerprint density at radius 3 is 2.63 bits per heavy atom. The van der Waals surface area contributed by atoms with Gasteiger partial charge < -0.3 is 20.9 Å². The van der Waals surface area contributed by atoms with Gasteiger partial charge in [-0.15, -0.1) is 0 Å². The number of anilines is 2. The van der Waals surface area contributed by atoms with E-state index < -0.39 is 0 Å². The first-order valence-corrected chi connectivity index (χ1v) is 5.98. The van der Waals surface area contributed by atoms with E-state index in [1.807, 2.05) is 13.8 Å². The van der Waals surface area contributed by atoms with Crippen LogP contribution < -0.4 is 27.1 Å². The maximum atomic E-state index is 5.74. The number of hydrogen-bond donors (Lipinski definition) is 3. The highest BCUT2D eigenvalue weighted by Crippen LogP contribution is 2.26. The van der Waals surface area contributed by atoms with Crippen LogP contribution in [0.25, 0.3) is 0 Å². The standard InChI is InChI=1S/C10H17N5O2.C2H6/c1-16-4-5-17-10-9(15(13)3-2-11)6-8(12)7-14-10;1-2/h2-3,6-7H,4-5,11-13H2,1H3;1-2H3/b3-2-;. The first kappa shape index (κ1) is 17.0. The Morgan fingerprint density at radius 2 is 2.05 bits per heavy atom. The molecule has 1 aromatic rings. The van der Waals surface area contributed by atoms with Crippen LogP contribution in [-0.2, 0) is 4.74 Å². The molecule has 0 fully saturated rings. The van der Waals surface area contributed by atoms with E-state index >= 15 is 0 Å². The number of nitrogens with two attached hydrogens (primary N) is 3. The molecular formula is C12H23N5O2. The summed E-state index contributed by atoms with van der Waals surface area (Å²) in [7, 11) is 1.59. The topological polar surface area (TPSA) is 113 Å². The molecular weight excluding hydrogens is 246 g/mol. The molecule has 0 saturated heterocycles. The predicted octanol–water partition coefficient (Wildman–Crippen LogP) is 0.825. The summed E-state index contributed by atoms with van der Waals surface area (Å²) >= 11 is 0. The molecule has 6 N–H and O–H groups in total. The van der Waals surface area contributed by atoms with Crippen molar-refractivity contribution < 1.29 is 9.47 Å². The number of aromatic nitrogens is 1. The zero-order valence-electron chi connectivity index (χ0n) is 11.7. The van der Waals surface area contributed by atoms with Crippen molar-refractivity contribution in [3.05, 3.63) is 24.7 Å². The van der Waals surface area contributed by atoms with Crippen molar-refractivity contribution >= 4 is 11.4 Å². The summed E-state index contributed by atoms with van der Waals surface area (Å²) in [4.78, 5) is 4.05. The third-order valence-corrected chi connectivity index (χ3v) is 1.90. The number of ether oxygens (including phenoxy) is 2. The second-order valence-corrected chi connectivity index (χ2v) is 3.18. The van der Waals surface area contributed by atoms with Crippen LogP contribution >= 0.6 is 0 Å². The van der Waals surface area contributed by atoms with Gasteiger partial charge in [-0.3, -0.25) is 5.01 Å². The second kappa shape index (κ2) is 9.98. The summed E-state index contributed by atoms with van der Waals surface area (Å²) in [5.74, 6) is 6.11. The molecule has 108 valence electrons. The molecule has 1 aromatic heterocycles. The monoisotopic (exact) mass is 269 g/mol. The maximum Gasteiger partial charge on any atom is 0.239 e. The van der Waals surface area contributed by atoms with Gasteiger partial charge in [-0.05, 0) is 6.07 Å². The van der Waals surface area contributed by atoms with Gasteiger partial charge in [-0.1, -0.05) is 13.8 Å². The van der Waals surface area contributed by atoms with Gasteiger partial charge in [0.1, 0.15) is 12.3 Å². The van der Waals surface area contributed by atoms with E-state index in [4.69, 9.17) is 26.8 Å². The lowest BCUT2D eigenvalue weighted by Crippen LogP contribution is -2.26. The summed E-state index contributed by atoms with van der Waals surface area (Å²) in [6, 6.07) is 1.65. The van der Waals surface area contributed by atoms with E-state index in [0.717, 1.165) is 0 Å². The van der Waals surface area contributed by atoms with Crippen molar-refractivity contribution in [3.8, 4) is 5.88 Å². The fourth-order valence-electron chi connectivity index (χ4n) is 1.15. The van der Waals surface area contributed by atoms with Gasteiger partial charge in [0.2, 0.25) is 5.88 Å². The molecule has 0 amide bonds. The molecule has 7 nitrogen and oxygen atoms in total. The predicted molar refractivity (Wildman–Crippen MR) is 77.4 cm³/mol. The molecule has 0 spiro atoms. The summed E-state index contributed by atoms with van der Waals surface area (Å²) in [6.45, 7) is 4.84. The van der Waals surface area contributed by atoms with Crippen molar-refractivity contribution in [3.63, 3.8) is 0 Å². The summed E-state index contributed by atoms with van der Waals surface area (Å²) in [5.41, 5.74) is 11.9. The Hall–Kier alpha value is -1.99. The van der Waals surface area contributed by atoms with Crippen LogP contribution in [-0.4, -0.2) is 25.3 Å². The number of hydrogen-bond acceptors (Lipinski definition) is 7. The minimum absolute atomic E-state index is 0.372. The largest absolute Gasteiger partial charge is 0.474 e. The lowest BCUT2D eigenvalue weighted by atomic mass is 10.3. The summed E-state index contributed by atoms with van der Waals surface area (Å²) in [5, 5.41) is 1.28. The number of nitrogen functional groups attached to an aromatic ring is 1. The Balaban J connectivity index is 0.00000154. The van der Waals surface area contributed by atoms with Gasteiger partial charge in [0.15, 0.2) is 0 Å². The molecule has 0 unspecified atom stereocenters. The average molecular weight is 269 g/mol. The Morgan fingerprint density at radius 1 is 1.37 bits per heavy atom. The number of nitrogens with zero attached hydrogens (tertiary/aromatic N) is 2. The van der Waals surface area contributed by atoms with Crippen molar-refractivity contribution in [2.24, 2.45) is 11.6 Å². The fourth-order valence-corrected chi connectivity index (χ4v) is 1.15. The van der Waals surface area contributed by atoms with Crippen LogP contribution in [0.3, 0.4) is 0 Å². The molecule has 0 aliphatic carbocycles. The van der Waals surface area contributed by atoms with Crippen LogP contribution in [0.1, 0.15) is 13.8 Å². The van der Waals surface area contributed by atoms with Gasteiger partial charge in [0, 0.05) is 19.5 Å². The summed E-state index contributed by atoms with van der Waals surface area (Å²) < 4.78 is 10.3. The second-order valence-electron chi connectivity index (χ2n) is 3.18. The molecule has 0 saturated carbocycles. The minimum atomic E-state index is 0.372. The van der Waals surface area contributed by atoms with Crippen LogP contribution in [0, 0.1) is 0 Å². The van der Waals surface area contributed by atoms with Gasteiger partial charge in [0.25, 0.3) is 0 Å². The fraction of sp³-hybridized carbons (Fsp3) is 0.417. The van der Waals surface area contributed by atoms with E-state index in [0.29, 0.717) is 30.5 Å². The zero-order chi connectivity index (χ0) is 14.7. The van der Waals surface area contributed by atoms with E-state index in [2.05, 4.69) is 4.98 Å². The Kier molecular flexibility index (Phi) is 8.94. The third-order valence-electron chi connectivity index (χ3n) is 1.90. The molecule has 0 bridgehead atoms. The third kappa shape index (κ3) is 5.94. The Bertz CT molecular complexity index is 384. The van der Waals surface area contributed by atoms with Gasteiger partial charge in [-0.25, -0.2) is 10.8 Å². The quantitative estimate of drug-likeness (QED) is 0.398. The number of rotatable bonds is 6. The molecule has 0 aromatic carbocycles. The van der Waals surface area contributed by atoms with Crippen LogP contribution in [0.15, 0.2) is 24.7 Å². The Labute approximate surface area is 113 Å². The lowest BCUT2D eigenvalue weighted by Gasteiger charge is -2.17. The van der Waals surface area contributed by atoms with E-state index in [-0.39, 0.29) is 0 Å². The highest BCUT2D eigenvalue weighted by molar-refractivity contribution is 5.61. The molecule has 7 heteroatoms. The molecule has 1 rings (SSSR count). The van der Waals surface area contributed by atoms with Crippen LogP contribution in [0.4, 0.5) is 11.4 Å². The van der Waals surface area contributed by atoms with Crippen LogP contribution in [0.5, 0.6) is 5.88 Å². The van der Waals surface area contributed by atoms with Crippen molar-refractivity contribution in [2.75, 3.05) is 31.1 Å².